The van der Waals surface area contributed by atoms with Crippen LogP contribution in [0.2, 0.25) is 0 Å². The molecule has 0 aromatic rings. The number of hydrogen-bond acceptors (Lipinski definition) is 4. The van der Waals surface area contributed by atoms with Crippen LogP contribution in [0.5, 0.6) is 0 Å². The number of rotatable bonds is 4. The summed E-state index contributed by atoms with van der Waals surface area (Å²) in [5.74, 6) is -0.254. The Kier molecular flexibility index (Phi) is 5.37. The van der Waals surface area contributed by atoms with Crippen LogP contribution >= 0.6 is 0 Å². The molecule has 0 aromatic heterocycles. The van der Waals surface area contributed by atoms with Gasteiger partial charge >= 0.3 is 0 Å². The Labute approximate surface area is 102 Å². The standard InChI is InChI=1S/C11H21N3O3/c1-8(2)13-10(15)6-14(3)11(16)9-7-17-5-4-12-9/h8-9,12H,4-7H2,1-3H3,(H,13,15). The Morgan fingerprint density at radius 2 is 2.24 bits per heavy atom. The van der Waals surface area contributed by atoms with E-state index >= 15 is 0 Å². The smallest absolute Gasteiger partial charge is 0.242 e. The largest absolute Gasteiger partial charge is 0.378 e. The van der Waals surface area contributed by atoms with E-state index in [4.69, 9.17) is 4.74 Å². The number of morpholine rings is 1. The molecule has 0 radical (unpaired) electrons. The van der Waals surface area contributed by atoms with Gasteiger partial charge in [-0.05, 0) is 13.8 Å². The van der Waals surface area contributed by atoms with Crippen LogP contribution in [-0.4, -0.2) is 62.1 Å². The Hall–Kier alpha value is -1.14. The van der Waals surface area contributed by atoms with E-state index in [0.717, 1.165) is 0 Å². The number of nitrogens with zero attached hydrogens (tertiary/aromatic N) is 1. The van der Waals surface area contributed by atoms with E-state index in [-0.39, 0.29) is 30.4 Å². The van der Waals surface area contributed by atoms with Crippen molar-refractivity contribution in [3.8, 4) is 0 Å². The molecular formula is C11H21N3O3. The van der Waals surface area contributed by atoms with Gasteiger partial charge in [-0.1, -0.05) is 0 Å². The lowest BCUT2D eigenvalue weighted by atomic mass is 10.2. The predicted octanol–water partition coefficient (Wildman–Crippen LogP) is -1.04. The second-order valence-electron chi connectivity index (χ2n) is 4.50. The Morgan fingerprint density at radius 1 is 1.53 bits per heavy atom. The van der Waals surface area contributed by atoms with Crippen LogP contribution in [0, 0.1) is 0 Å². The highest BCUT2D eigenvalue weighted by molar-refractivity contribution is 5.87. The van der Waals surface area contributed by atoms with Gasteiger partial charge in [0.2, 0.25) is 11.8 Å². The number of nitrogens with one attached hydrogen (secondary N) is 2. The molecule has 1 aliphatic rings. The van der Waals surface area contributed by atoms with Crippen LogP contribution in [0.15, 0.2) is 0 Å². The molecule has 1 aliphatic heterocycles. The molecule has 0 aromatic carbocycles. The van der Waals surface area contributed by atoms with Gasteiger partial charge in [-0.2, -0.15) is 0 Å². The fourth-order valence-electron chi connectivity index (χ4n) is 1.65. The Bertz CT molecular complexity index is 275. The summed E-state index contributed by atoms with van der Waals surface area (Å²) in [6.45, 7) is 5.51. The predicted molar refractivity (Wildman–Crippen MR) is 63.5 cm³/mol. The monoisotopic (exact) mass is 243 g/mol. The van der Waals surface area contributed by atoms with Gasteiger partial charge in [-0.3, -0.25) is 9.59 Å². The van der Waals surface area contributed by atoms with Gasteiger partial charge in [-0.15, -0.1) is 0 Å². The van der Waals surface area contributed by atoms with Crippen LogP contribution in [0.25, 0.3) is 0 Å². The third kappa shape index (κ3) is 4.70. The molecule has 1 unspecified atom stereocenters. The molecule has 17 heavy (non-hydrogen) atoms. The van der Waals surface area contributed by atoms with Crippen molar-refractivity contribution in [2.45, 2.75) is 25.9 Å². The molecule has 1 saturated heterocycles. The lowest BCUT2D eigenvalue weighted by molar-refractivity contribution is -0.138. The van der Waals surface area contributed by atoms with Gasteiger partial charge in [0.15, 0.2) is 0 Å². The first-order valence-corrected chi connectivity index (χ1v) is 5.86. The summed E-state index contributed by atoms with van der Waals surface area (Å²) in [7, 11) is 1.62. The molecule has 0 spiro atoms. The fraction of sp³-hybridized carbons (Fsp3) is 0.818. The van der Waals surface area contributed by atoms with Gasteiger partial charge in [0.1, 0.15) is 6.04 Å². The summed E-state index contributed by atoms with van der Waals surface area (Å²) in [6, 6.07) is -0.247. The summed E-state index contributed by atoms with van der Waals surface area (Å²) < 4.78 is 5.21. The fourth-order valence-corrected chi connectivity index (χ4v) is 1.65. The number of carbonyl (C=O) groups is 2. The van der Waals surface area contributed by atoms with E-state index in [1.165, 1.54) is 4.90 Å². The highest BCUT2D eigenvalue weighted by Gasteiger charge is 2.25. The van der Waals surface area contributed by atoms with Gasteiger partial charge in [0.25, 0.3) is 0 Å². The van der Waals surface area contributed by atoms with Crippen molar-refractivity contribution in [3.05, 3.63) is 0 Å². The van der Waals surface area contributed by atoms with Crippen LogP contribution in [0.3, 0.4) is 0 Å². The first kappa shape index (κ1) is 13.9. The van der Waals surface area contributed by atoms with E-state index < -0.39 is 0 Å². The average molecular weight is 243 g/mol. The lowest BCUT2D eigenvalue weighted by Crippen LogP contribution is -2.53. The highest BCUT2D eigenvalue weighted by atomic mass is 16.5. The Balaban J connectivity index is 2.37. The van der Waals surface area contributed by atoms with Crippen LogP contribution in [-0.2, 0) is 14.3 Å². The van der Waals surface area contributed by atoms with Crippen molar-refractivity contribution in [2.24, 2.45) is 0 Å². The third-order valence-electron chi connectivity index (χ3n) is 2.43. The van der Waals surface area contributed by atoms with Crippen molar-refractivity contribution >= 4 is 11.8 Å². The number of ether oxygens (including phenoxy) is 1. The van der Waals surface area contributed by atoms with Crippen molar-refractivity contribution < 1.29 is 14.3 Å². The van der Waals surface area contributed by atoms with Gasteiger partial charge in [0.05, 0.1) is 19.8 Å². The van der Waals surface area contributed by atoms with E-state index in [2.05, 4.69) is 10.6 Å². The van der Waals surface area contributed by atoms with Gasteiger partial charge in [0, 0.05) is 19.6 Å². The summed E-state index contributed by atoms with van der Waals surface area (Å²) in [5, 5.41) is 5.81. The second kappa shape index (κ2) is 6.56. The first-order valence-electron chi connectivity index (χ1n) is 5.86. The van der Waals surface area contributed by atoms with Crippen molar-refractivity contribution in [3.63, 3.8) is 0 Å². The zero-order chi connectivity index (χ0) is 12.8. The quantitative estimate of drug-likeness (QED) is 0.661. The van der Waals surface area contributed by atoms with E-state index in [1.54, 1.807) is 7.05 Å². The summed E-state index contributed by atoms with van der Waals surface area (Å²) >= 11 is 0. The number of carbonyl (C=O) groups excluding carboxylic acids is 2. The maximum Gasteiger partial charge on any atom is 0.242 e. The first-order chi connectivity index (χ1) is 8.00. The molecule has 1 atom stereocenters. The maximum absolute atomic E-state index is 11.9. The molecule has 0 bridgehead atoms. The average Bonchev–Trinajstić information content (AvgIpc) is 2.28. The molecule has 6 heteroatoms. The van der Waals surface area contributed by atoms with E-state index in [1.807, 2.05) is 13.8 Å². The molecule has 1 fully saturated rings. The normalized spacial score (nSPS) is 20.1. The second-order valence-corrected chi connectivity index (χ2v) is 4.50. The van der Waals surface area contributed by atoms with Crippen molar-refractivity contribution in [1.29, 1.82) is 0 Å². The van der Waals surface area contributed by atoms with E-state index in [9.17, 15) is 9.59 Å². The van der Waals surface area contributed by atoms with Gasteiger partial charge in [-0.25, -0.2) is 0 Å². The molecule has 0 aliphatic carbocycles. The minimum Gasteiger partial charge on any atom is -0.378 e. The molecule has 2 amide bonds. The maximum atomic E-state index is 11.9. The Morgan fingerprint density at radius 3 is 2.76 bits per heavy atom. The summed E-state index contributed by atoms with van der Waals surface area (Å²) in [6.07, 6.45) is 0. The third-order valence-corrected chi connectivity index (χ3v) is 2.43. The number of hydrogen-bond donors (Lipinski definition) is 2. The van der Waals surface area contributed by atoms with Crippen molar-refractivity contribution in [1.82, 2.24) is 15.5 Å². The zero-order valence-electron chi connectivity index (χ0n) is 10.7. The lowest BCUT2D eigenvalue weighted by Gasteiger charge is -2.27. The van der Waals surface area contributed by atoms with Gasteiger partial charge < -0.3 is 20.3 Å². The van der Waals surface area contributed by atoms with Crippen molar-refractivity contribution in [2.75, 3.05) is 33.4 Å². The zero-order valence-corrected chi connectivity index (χ0v) is 10.7. The number of amides is 2. The minimum atomic E-state index is -0.333. The van der Waals surface area contributed by atoms with Crippen LogP contribution in [0.1, 0.15) is 13.8 Å². The van der Waals surface area contributed by atoms with Crippen LogP contribution in [0.4, 0.5) is 0 Å². The molecule has 2 N–H and O–H groups in total. The summed E-state index contributed by atoms with van der Waals surface area (Å²) in [5.41, 5.74) is 0. The highest BCUT2D eigenvalue weighted by Crippen LogP contribution is 1.98. The topological polar surface area (TPSA) is 70.7 Å². The molecule has 98 valence electrons. The van der Waals surface area contributed by atoms with Crippen LogP contribution < -0.4 is 10.6 Å². The minimum absolute atomic E-state index is 0.0786. The molecule has 1 heterocycles. The summed E-state index contributed by atoms with van der Waals surface area (Å²) in [4.78, 5) is 24.8. The molecule has 1 rings (SSSR count). The molecule has 6 nitrogen and oxygen atoms in total. The van der Waals surface area contributed by atoms with E-state index in [0.29, 0.717) is 19.8 Å². The SMILES string of the molecule is CC(C)NC(=O)CN(C)C(=O)C1COCCN1. The molecular weight excluding hydrogens is 222 g/mol. The molecule has 0 saturated carbocycles. The number of likely N-dealkylation sites (N-methyl/N-ethyl adjacent to an activating group) is 1.